The molecule has 3 aromatic heterocycles. The van der Waals surface area contributed by atoms with Crippen molar-refractivity contribution < 1.29 is 9.84 Å². The van der Waals surface area contributed by atoms with Crippen LogP contribution in [0.15, 0.2) is 36.5 Å². The first kappa shape index (κ1) is 16.6. The molecule has 1 saturated carbocycles. The van der Waals surface area contributed by atoms with Crippen LogP contribution in [-0.4, -0.2) is 43.9 Å². The number of aliphatic hydroxyl groups is 1. The van der Waals surface area contributed by atoms with Gasteiger partial charge < -0.3 is 20.5 Å². The van der Waals surface area contributed by atoms with Crippen molar-refractivity contribution in [2.45, 2.75) is 37.8 Å². The van der Waals surface area contributed by atoms with Crippen LogP contribution in [0, 0.1) is 0 Å². The number of aromatic nitrogens is 4. The Morgan fingerprint density at radius 2 is 2.00 bits per heavy atom. The Kier molecular flexibility index (Phi) is 4.57. The molecule has 1 aliphatic carbocycles. The molecule has 0 unspecified atom stereocenters. The molecular weight excluding hydrogens is 332 g/mol. The van der Waals surface area contributed by atoms with Gasteiger partial charge in [0.15, 0.2) is 5.65 Å². The second kappa shape index (κ2) is 7.17. The molecule has 8 nitrogen and oxygen atoms in total. The van der Waals surface area contributed by atoms with Crippen LogP contribution >= 0.6 is 0 Å². The lowest BCUT2D eigenvalue weighted by molar-refractivity contribution is 0.126. The van der Waals surface area contributed by atoms with Crippen LogP contribution in [0.1, 0.15) is 25.7 Å². The van der Waals surface area contributed by atoms with Gasteiger partial charge in [-0.2, -0.15) is 9.50 Å². The minimum Gasteiger partial charge on any atom is -0.481 e. The van der Waals surface area contributed by atoms with E-state index in [0.29, 0.717) is 17.9 Å². The Morgan fingerprint density at radius 3 is 2.73 bits per heavy atom. The van der Waals surface area contributed by atoms with E-state index >= 15 is 0 Å². The highest BCUT2D eigenvalue weighted by atomic mass is 16.5. The molecule has 26 heavy (non-hydrogen) atoms. The summed E-state index contributed by atoms with van der Waals surface area (Å²) >= 11 is 0. The van der Waals surface area contributed by atoms with Gasteiger partial charge in [0, 0.05) is 12.1 Å². The molecule has 3 N–H and O–H groups in total. The average Bonchev–Trinajstić information content (AvgIpc) is 3.08. The minimum atomic E-state index is -0.163. The highest BCUT2D eigenvalue weighted by Gasteiger charge is 2.20. The van der Waals surface area contributed by atoms with E-state index in [1.807, 2.05) is 24.3 Å². The number of pyridine rings is 2. The standard InChI is InChI=1S/C18H22N6O2/c1-26-17-10-7-13(11-19-17)21-18-22-16-4-2-3-15(24(16)23-18)20-12-5-8-14(25)9-6-12/h2-4,7,10-12,14,20,25H,5-6,8-9H2,1H3,(H,21,23)/t12-,14+. The molecule has 8 heteroatoms. The predicted octanol–water partition coefficient (Wildman–Crippen LogP) is 2.59. The number of rotatable bonds is 5. The highest BCUT2D eigenvalue weighted by Crippen LogP contribution is 2.23. The maximum atomic E-state index is 9.66. The molecule has 0 spiro atoms. The average molecular weight is 354 g/mol. The molecule has 0 aromatic carbocycles. The SMILES string of the molecule is COc1ccc(Nc2nc3cccc(N[C@H]4CC[C@@H](O)CC4)n3n2)cn1. The van der Waals surface area contributed by atoms with E-state index in [1.54, 1.807) is 23.9 Å². The summed E-state index contributed by atoms with van der Waals surface area (Å²) < 4.78 is 6.86. The van der Waals surface area contributed by atoms with Crippen molar-refractivity contribution in [2.24, 2.45) is 0 Å². The van der Waals surface area contributed by atoms with Gasteiger partial charge >= 0.3 is 0 Å². The van der Waals surface area contributed by atoms with Gasteiger partial charge in [-0.05, 0) is 43.9 Å². The third-order valence-electron chi connectivity index (χ3n) is 4.61. The smallest absolute Gasteiger partial charge is 0.247 e. The fourth-order valence-electron chi connectivity index (χ4n) is 3.20. The topological polar surface area (TPSA) is 96.6 Å². The summed E-state index contributed by atoms with van der Waals surface area (Å²) in [5.74, 6) is 1.96. The number of hydrogen-bond donors (Lipinski definition) is 3. The molecule has 1 aliphatic rings. The van der Waals surface area contributed by atoms with Gasteiger partial charge in [-0.3, -0.25) is 0 Å². The molecule has 3 aromatic rings. The number of anilines is 3. The fraction of sp³-hybridized carbons (Fsp3) is 0.389. The number of nitrogens with one attached hydrogen (secondary N) is 2. The van der Waals surface area contributed by atoms with Crippen molar-refractivity contribution in [1.82, 2.24) is 19.6 Å². The lowest BCUT2D eigenvalue weighted by Gasteiger charge is -2.26. The van der Waals surface area contributed by atoms with E-state index in [1.165, 1.54) is 0 Å². The molecule has 4 rings (SSSR count). The van der Waals surface area contributed by atoms with Gasteiger partial charge in [-0.15, -0.1) is 5.10 Å². The second-order valence-corrected chi connectivity index (χ2v) is 6.48. The van der Waals surface area contributed by atoms with Crippen LogP contribution in [0.25, 0.3) is 5.65 Å². The zero-order valence-corrected chi connectivity index (χ0v) is 14.6. The van der Waals surface area contributed by atoms with E-state index in [-0.39, 0.29) is 6.10 Å². The Bertz CT molecular complexity index is 871. The Hall–Kier alpha value is -2.87. The summed E-state index contributed by atoms with van der Waals surface area (Å²) in [7, 11) is 1.58. The van der Waals surface area contributed by atoms with Crippen molar-refractivity contribution in [3.8, 4) is 5.88 Å². The van der Waals surface area contributed by atoms with E-state index in [9.17, 15) is 5.11 Å². The first-order valence-corrected chi connectivity index (χ1v) is 8.79. The third kappa shape index (κ3) is 3.55. The molecule has 0 amide bonds. The van der Waals surface area contributed by atoms with E-state index in [4.69, 9.17) is 4.74 Å². The molecular formula is C18H22N6O2. The van der Waals surface area contributed by atoms with Gasteiger partial charge in [0.1, 0.15) is 5.82 Å². The van der Waals surface area contributed by atoms with Crippen molar-refractivity contribution in [3.05, 3.63) is 36.5 Å². The van der Waals surface area contributed by atoms with Crippen LogP contribution < -0.4 is 15.4 Å². The molecule has 0 bridgehead atoms. The summed E-state index contributed by atoms with van der Waals surface area (Å²) in [6, 6.07) is 9.86. The number of nitrogens with zero attached hydrogens (tertiary/aromatic N) is 4. The van der Waals surface area contributed by atoms with Crippen molar-refractivity contribution >= 4 is 23.1 Å². The minimum absolute atomic E-state index is 0.163. The summed E-state index contributed by atoms with van der Waals surface area (Å²) in [5, 5.41) is 20.9. The normalized spacial score (nSPS) is 20.1. The fourth-order valence-corrected chi connectivity index (χ4v) is 3.20. The number of aliphatic hydroxyl groups excluding tert-OH is 1. The predicted molar refractivity (Wildman–Crippen MR) is 98.9 cm³/mol. The molecule has 1 fully saturated rings. The zero-order valence-electron chi connectivity index (χ0n) is 14.6. The van der Waals surface area contributed by atoms with Crippen LogP contribution in [0.3, 0.4) is 0 Å². The Morgan fingerprint density at radius 1 is 1.15 bits per heavy atom. The number of ether oxygens (including phenoxy) is 1. The molecule has 0 atom stereocenters. The summed E-state index contributed by atoms with van der Waals surface area (Å²) in [4.78, 5) is 8.69. The molecule has 136 valence electrons. The first-order valence-electron chi connectivity index (χ1n) is 8.79. The Balaban J connectivity index is 1.52. The maximum absolute atomic E-state index is 9.66. The summed E-state index contributed by atoms with van der Waals surface area (Å²) in [5.41, 5.74) is 1.55. The summed E-state index contributed by atoms with van der Waals surface area (Å²) in [6.45, 7) is 0. The van der Waals surface area contributed by atoms with E-state index in [0.717, 1.165) is 42.8 Å². The van der Waals surface area contributed by atoms with Crippen molar-refractivity contribution in [1.29, 1.82) is 0 Å². The molecule has 0 radical (unpaired) electrons. The molecule has 0 saturated heterocycles. The number of hydrogen-bond acceptors (Lipinski definition) is 7. The monoisotopic (exact) mass is 354 g/mol. The van der Waals surface area contributed by atoms with E-state index < -0.39 is 0 Å². The summed E-state index contributed by atoms with van der Waals surface area (Å²) in [6.07, 6.45) is 5.09. The lowest BCUT2D eigenvalue weighted by atomic mass is 9.93. The number of methoxy groups -OCH3 is 1. The van der Waals surface area contributed by atoms with Crippen LogP contribution in [0.4, 0.5) is 17.5 Å². The Labute approximate surface area is 151 Å². The van der Waals surface area contributed by atoms with Gasteiger partial charge in [-0.25, -0.2) is 4.98 Å². The highest BCUT2D eigenvalue weighted by molar-refractivity contribution is 5.57. The van der Waals surface area contributed by atoms with E-state index in [2.05, 4.69) is 25.7 Å². The van der Waals surface area contributed by atoms with Crippen molar-refractivity contribution in [3.63, 3.8) is 0 Å². The van der Waals surface area contributed by atoms with Crippen molar-refractivity contribution in [2.75, 3.05) is 17.7 Å². The quantitative estimate of drug-likeness (QED) is 0.648. The zero-order chi connectivity index (χ0) is 17.9. The largest absolute Gasteiger partial charge is 0.481 e. The molecule has 3 heterocycles. The van der Waals surface area contributed by atoms with Crippen LogP contribution in [-0.2, 0) is 0 Å². The molecule has 0 aliphatic heterocycles. The van der Waals surface area contributed by atoms with Gasteiger partial charge in [0.05, 0.1) is 25.1 Å². The number of fused-ring (bicyclic) bond motifs is 1. The second-order valence-electron chi connectivity index (χ2n) is 6.48. The third-order valence-corrected chi connectivity index (χ3v) is 4.61. The van der Waals surface area contributed by atoms with Crippen LogP contribution in [0.5, 0.6) is 5.88 Å². The lowest BCUT2D eigenvalue weighted by Crippen LogP contribution is -2.29. The van der Waals surface area contributed by atoms with Gasteiger partial charge in [0.2, 0.25) is 11.8 Å². The van der Waals surface area contributed by atoms with Crippen LogP contribution in [0.2, 0.25) is 0 Å². The first-order chi connectivity index (χ1) is 12.7. The van der Waals surface area contributed by atoms with Gasteiger partial charge in [0.25, 0.3) is 0 Å². The van der Waals surface area contributed by atoms with Gasteiger partial charge in [-0.1, -0.05) is 6.07 Å². The maximum Gasteiger partial charge on any atom is 0.247 e.